The van der Waals surface area contributed by atoms with E-state index in [0.29, 0.717) is 12.3 Å². The van der Waals surface area contributed by atoms with Gasteiger partial charge in [-0.3, -0.25) is 0 Å². The average Bonchev–Trinajstić information content (AvgIpc) is 2.48. The zero-order valence-electron chi connectivity index (χ0n) is 13.3. The van der Waals surface area contributed by atoms with E-state index in [1.165, 1.54) is 5.56 Å². The van der Waals surface area contributed by atoms with E-state index >= 15 is 0 Å². The Labute approximate surface area is 128 Å². The van der Waals surface area contributed by atoms with E-state index in [2.05, 4.69) is 32.9 Å². The van der Waals surface area contributed by atoms with Crippen LogP contribution in [0, 0.1) is 11.8 Å². The zero-order chi connectivity index (χ0) is 15.3. The van der Waals surface area contributed by atoms with Gasteiger partial charge in [-0.05, 0) is 29.4 Å². The van der Waals surface area contributed by atoms with Crippen LogP contribution in [-0.2, 0) is 12.0 Å². The zero-order valence-corrected chi connectivity index (χ0v) is 13.3. The highest BCUT2D eigenvalue weighted by molar-refractivity contribution is 5.27. The van der Waals surface area contributed by atoms with Crippen molar-refractivity contribution in [3.05, 3.63) is 71.8 Å². The quantitative estimate of drug-likeness (QED) is 0.807. The van der Waals surface area contributed by atoms with E-state index in [1.807, 2.05) is 48.5 Å². The highest BCUT2D eigenvalue weighted by atomic mass is 16.3. The van der Waals surface area contributed by atoms with Crippen LogP contribution in [0.5, 0.6) is 0 Å². The number of benzene rings is 2. The molecular formula is C20H26O. The number of hydrogen-bond donors (Lipinski definition) is 1. The van der Waals surface area contributed by atoms with Gasteiger partial charge in [-0.1, -0.05) is 81.4 Å². The molecule has 2 atom stereocenters. The normalized spacial score (nSPS) is 15.7. The lowest BCUT2D eigenvalue weighted by Crippen LogP contribution is -2.36. The van der Waals surface area contributed by atoms with Gasteiger partial charge in [-0.15, -0.1) is 0 Å². The lowest BCUT2D eigenvalue weighted by molar-refractivity contribution is -0.0247. The lowest BCUT2D eigenvalue weighted by Gasteiger charge is -2.36. The maximum absolute atomic E-state index is 11.5. The van der Waals surface area contributed by atoms with Crippen LogP contribution >= 0.6 is 0 Å². The molecular weight excluding hydrogens is 256 g/mol. The molecule has 2 aromatic carbocycles. The van der Waals surface area contributed by atoms with Crippen molar-refractivity contribution < 1.29 is 5.11 Å². The van der Waals surface area contributed by atoms with Crippen molar-refractivity contribution in [3.63, 3.8) is 0 Å². The van der Waals surface area contributed by atoms with Crippen molar-refractivity contribution in [1.29, 1.82) is 0 Å². The van der Waals surface area contributed by atoms with E-state index in [4.69, 9.17) is 0 Å². The molecule has 0 aliphatic rings. The fourth-order valence-electron chi connectivity index (χ4n) is 3.10. The summed E-state index contributed by atoms with van der Waals surface area (Å²) in [6.45, 7) is 6.59. The second-order valence-electron chi connectivity index (χ2n) is 6.48. The van der Waals surface area contributed by atoms with Gasteiger partial charge in [0.15, 0.2) is 0 Å². The monoisotopic (exact) mass is 282 g/mol. The molecule has 0 spiro atoms. The van der Waals surface area contributed by atoms with Crippen molar-refractivity contribution in [2.24, 2.45) is 11.8 Å². The Hall–Kier alpha value is -1.60. The molecule has 1 N–H and O–H groups in total. The summed E-state index contributed by atoms with van der Waals surface area (Å²) < 4.78 is 0. The second-order valence-corrected chi connectivity index (χ2v) is 6.48. The van der Waals surface area contributed by atoms with Crippen LogP contribution in [0.1, 0.15) is 38.3 Å². The van der Waals surface area contributed by atoms with E-state index in [0.717, 1.165) is 12.0 Å². The van der Waals surface area contributed by atoms with Gasteiger partial charge in [0.2, 0.25) is 0 Å². The Morgan fingerprint density at radius 2 is 1.38 bits per heavy atom. The summed E-state index contributed by atoms with van der Waals surface area (Å²) in [7, 11) is 0. The Balaban J connectivity index is 2.34. The van der Waals surface area contributed by atoms with Crippen LogP contribution in [0.2, 0.25) is 0 Å². The summed E-state index contributed by atoms with van der Waals surface area (Å²) in [5.41, 5.74) is 1.38. The third-order valence-electron chi connectivity index (χ3n) is 4.23. The third-order valence-corrected chi connectivity index (χ3v) is 4.23. The molecule has 0 aliphatic carbocycles. The summed E-state index contributed by atoms with van der Waals surface area (Å²) in [6, 6.07) is 20.4. The van der Waals surface area contributed by atoms with Gasteiger partial charge in [0.05, 0.1) is 5.60 Å². The Morgan fingerprint density at radius 3 is 1.90 bits per heavy atom. The molecule has 1 nitrogen and oxygen atoms in total. The molecule has 21 heavy (non-hydrogen) atoms. The lowest BCUT2D eigenvalue weighted by atomic mass is 9.75. The molecule has 0 amide bonds. The first kappa shape index (κ1) is 15.8. The molecule has 0 aliphatic heterocycles. The van der Waals surface area contributed by atoms with Crippen molar-refractivity contribution in [3.8, 4) is 0 Å². The molecule has 0 saturated heterocycles. The first-order valence-electron chi connectivity index (χ1n) is 7.84. The summed E-state index contributed by atoms with van der Waals surface area (Å²) in [5.74, 6) is 0.783. The largest absolute Gasteiger partial charge is 0.385 e. The van der Waals surface area contributed by atoms with Crippen molar-refractivity contribution in [2.75, 3.05) is 0 Å². The molecule has 2 unspecified atom stereocenters. The van der Waals surface area contributed by atoms with E-state index < -0.39 is 5.60 Å². The van der Waals surface area contributed by atoms with Gasteiger partial charge in [-0.2, -0.15) is 0 Å². The standard InChI is InChI=1S/C20H26O/c1-16(2)14-17(3)20(21,19-12-8-5-9-13-19)15-18-10-6-4-7-11-18/h4-13,16-17,21H,14-15H2,1-3H3. The molecule has 1 heteroatoms. The fraction of sp³-hybridized carbons (Fsp3) is 0.400. The van der Waals surface area contributed by atoms with Gasteiger partial charge in [0, 0.05) is 6.42 Å². The van der Waals surface area contributed by atoms with Gasteiger partial charge >= 0.3 is 0 Å². The van der Waals surface area contributed by atoms with Gasteiger partial charge < -0.3 is 5.11 Å². The minimum absolute atomic E-state index is 0.208. The fourth-order valence-corrected chi connectivity index (χ4v) is 3.10. The van der Waals surface area contributed by atoms with Gasteiger partial charge in [0.1, 0.15) is 0 Å². The Kier molecular flexibility index (Phi) is 5.19. The number of rotatable bonds is 6. The van der Waals surface area contributed by atoms with Gasteiger partial charge in [0.25, 0.3) is 0 Å². The van der Waals surface area contributed by atoms with Gasteiger partial charge in [-0.25, -0.2) is 0 Å². The molecule has 2 aromatic rings. The van der Waals surface area contributed by atoms with Crippen LogP contribution in [0.4, 0.5) is 0 Å². The highest BCUT2D eigenvalue weighted by Gasteiger charge is 2.35. The molecule has 0 fully saturated rings. The first-order valence-corrected chi connectivity index (χ1v) is 7.84. The SMILES string of the molecule is CC(C)CC(C)C(O)(Cc1ccccc1)c1ccccc1. The predicted molar refractivity (Wildman–Crippen MR) is 89.1 cm³/mol. The first-order chi connectivity index (χ1) is 10.0. The molecule has 2 rings (SSSR count). The van der Waals surface area contributed by atoms with Crippen LogP contribution in [-0.4, -0.2) is 5.11 Å². The molecule has 0 radical (unpaired) electrons. The average molecular weight is 282 g/mol. The summed E-state index contributed by atoms with van der Waals surface area (Å²) in [5, 5.41) is 11.5. The Morgan fingerprint density at radius 1 is 0.857 bits per heavy atom. The summed E-state index contributed by atoms with van der Waals surface area (Å²) in [6.07, 6.45) is 1.67. The topological polar surface area (TPSA) is 20.2 Å². The molecule has 0 aromatic heterocycles. The van der Waals surface area contributed by atoms with Crippen LogP contribution in [0.15, 0.2) is 60.7 Å². The van der Waals surface area contributed by atoms with E-state index in [9.17, 15) is 5.11 Å². The minimum atomic E-state index is -0.813. The summed E-state index contributed by atoms with van der Waals surface area (Å²) in [4.78, 5) is 0. The maximum atomic E-state index is 11.5. The van der Waals surface area contributed by atoms with Crippen molar-refractivity contribution in [2.45, 2.75) is 39.2 Å². The number of hydrogen-bond acceptors (Lipinski definition) is 1. The second kappa shape index (κ2) is 6.91. The maximum Gasteiger partial charge on any atom is 0.0962 e. The van der Waals surface area contributed by atoms with E-state index in [-0.39, 0.29) is 5.92 Å². The van der Waals surface area contributed by atoms with Crippen molar-refractivity contribution in [1.82, 2.24) is 0 Å². The predicted octanol–water partition coefficient (Wildman–Crippen LogP) is 4.80. The molecule has 0 heterocycles. The molecule has 112 valence electrons. The third kappa shape index (κ3) is 3.95. The highest BCUT2D eigenvalue weighted by Crippen LogP contribution is 2.36. The summed E-state index contributed by atoms with van der Waals surface area (Å²) >= 11 is 0. The van der Waals surface area contributed by atoms with Crippen LogP contribution in [0.25, 0.3) is 0 Å². The van der Waals surface area contributed by atoms with Crippen LogP contribution < -0.4 is 0 Å². The smallest absolute Gasteiger partial charge is 0.0962 e. The van der Waals surface area contributed by atoms with E-state index in [1.54, 1.807) is 0 Å². The van der Waals surface area contributed by atoms with Crippen molar-refractivity contribution >= 4 is 0 Å². The van der Waals surface area contributed by atoms with Crippen LogP contribution in [0.3, 0.4) is 0 Å². The minimum Gasteiger partial charge on any atom is -0.385 e. The molecule has 0 saturated carbocycles. The Bertz CT molecular complexity index is 532. The molecule has 0 bridgehead atoms. The number of aliphatic hydroxyl groups is 1.